The van der Waals surface area contributed by atoms with Gasteiger partial charge < -0.3 is 15.8 Å². The molecule has 0 saturated carbocycles. The summed E-state index contributed by atoms with van der Waals surface area (Å²) in [5.41, 5.74) is 7.88. The van der Waals surface area contributed by atoms with Gasteiger partial charge in [0.2, 0.25) is 0 Å². The third-order valence-corrected chi connectivity index (χ3v) is 4.05. The highest BCUT2D eigenvalue weighted by atomic mass is 16.4. The van der Waals surface area contributed by atoms with Crippen LogP contribution in [0, 0.1) is 11.3 Å². The Morgan fingerprint density at radius 2 is 1.95 bits per heavy atom. The van der Waals surface area contributed by atoms with Crippen LogP contribution >= 0.6 is 0 Å². The van der Waals surface area contributed by atoms with Crippen molar-refractivity contribution in [3.63, 3.8) is 0 Å². The molecule has 0 spiro atoms. The summed E-state index contributed by atoms with van der Waals surface area (Å²) in [5.74, 6) is 0.886. The first kappa shape index (κ1) is 13.7. The van der Waals surface area contributed by atoms with Gasteiger partial charge in [0.25, 0.3) is 0 Å². The van der Waals surface area contributed by atoms with Crippen LogP contribution in [0.2, 0.25) is 0 Å². The predicted octanol–water partition coefficient (Wildman–Crippen LogP) is 2.65. The van der Waals surface area contributed by atoms with Crippen LogP contribution in [-0.4, -0.2) is 24.1 Å². The molecule has 1 aromatic rings. The zero-order chi connectivity index (χ0) is 14.0. The lowest BCUT2D eigenvalue weighted by Crippen LogP contribution is -2.25. The van der Waals surface area contributed by atoms with Crippen LogP contribution in [0.3, 0.4) is 0 Å². The normalized spacial score (nSPS) is 20.9. The molecule has 19 heavy (non-hydrogen) atoms. The average Bonchev–Trinajstić information content (AvgIpc) is 2.87. The summed E-state index contributed by atoms with van der Waals surface area (Å²) >= 11 is 0. The van der Waals surface area contributed by atoms with Crippen molar-refractivity contribution >= 4 is 11.5 Å². The average molecular weight is 261 g/mol. The Kier molecular flexibility index (Phi) is 3.69. The summed E-state index contributed by atoms with van der Waals surface area (Å²) in [4.78, 5) is 2.41. The number of nitrogens with zero attached hydrogens (tertiary/aromatic N) is 2. The quantitative estimate of drug-likeness (QED) is 0.372. The molecule has 1 heterocycles. The Hall–Kier alpha value is -1.71. The lowest BCUT2D eigenvalue weighted by atomic mass is 9.80. The molecule has 2 rings (SSSR count). The fraction of sp³-hybridized carbons (Fsp3) is 0.533. The second kappa shape index (κ2) is 5.11. The maximum Gasteiger partial charge on any atom is 0.170 e. The van der Waals surface area contributed by atoms with Gasteiger partial charge in [-0.15, -0.1) is 0 Å². The predicted molar refractivity (Wildman–Crippen MR) is 78.7 cm³/mol. The molecule has 1 fully saturated rings. The molecule has 3 N–H and O–H groups in total. The highest BCUT2D eigenvalue weighted by molar-refractivity contribution is 5.97. The third-order valence-electron chi connectivity index (χ3n) is 4.05. The minimum atomic E-state index is 0.153. The lowest BCUT2D eigenvalue weighted by molar-refractivity contribution is 0.263. The second-order valence-corrected chi connectivity index (χ2v) is 6.33. The number of nitrogens with two attached hydrogens (primary N) is 1. The molecule has 4 heteroatoms. The highest BCUT2D eigenvalue weighted by Gasteiger charge is 2.31. The molecule has 1 atom stereocenters. The molecule has 1 aliphatic heterocycles. The lowest BCUT2D eigenvalue weighted by Gasteiger charge is -2.27. The Morgan fingerprint density at radius 1 is 1.32 bits per heavy atom. The van der Waals surface area contributed by atoms with E-state index in [1.54, 1.807) is 0 Å². The maximum atomic E-state index is 8.65. The van der Waals surface area contributed by atoms with Gasteiger partial charge in [-0.05, 0) is 42.0 Å². The molecule has 0 bridgehead atoms. The highest BCUT2D eigenvalue weighted by Crippen LogP contribution is 2.35. The summed E-state index contributed by atoms with van der Waals surface area (Å²) in [6, 6.07) is 7.88. The Morgan fingerprint density at radius 3 is 2.42 bits per heavy atom. The molecule has 0 aliphatic carbocycles. The zero-order valence-electron chi connectivity index (χ0n) is 11.9. The van der Waals surface area contributed by atoms with Crippen molar-refractivity contribution in [2.24, 2.45) is 22.2 Å². The van der Waals surface area contributed by atoms with Crippen LogP contribution in [0.1, 0.15) is 32.8 Å². The largest absolute Gasteiger partial charge is 0.409 e. The SMILES string of the molecule is CC(C)(C)C1CCN(c2ccc(/C(N)=N/O)cc2)C1. The van der Waals surface area contributed by atoms with Crippen molar-refractivity contribution in [3.8, 4) is 0 Å². The van der Waals surface area contributed by atoms with Crippen LogP contribution < -0.4 is 10.6 Å². The molecule has 1 aliphatic rings. The number of hydrogen-bond donors (Lipinski definition) is 2. The van der Waals surface area contributed by atoms with Gasteiger partial charge in [0.1, 0.15) is 0 Å². The monoisotopic (exact) mass is 261 g/mol. The molecule has 0 aromatic heterocycles. The summed E-state index contributed by atoms with van der Waals surface area (Å²) < 4.78 is 0. The first-order valence-electron chi connectivity index (χ1n) is 6.74. The third kappa shape index (κ3) is 3.00. The Labute approximate surface area is 114 Å². The number of oxime groups is 1. The van der Waals surface area contributed by atoms with Gasteiger partial charge in [0.15, 0.2) is 5.84 Å². The second-order valence-electron chi connectivity index (χ2n) is 6.33. The fourth-order valence-corrected chi connectivity index (χ4v) is 2.60. The van der Waals surface area contributed by atoms with Crippen LogP contribution in [-0.2, 0) is 0 Å². The Balaban J connectivity index is 2.08. The number of amidine groups is 1. The first-order valence-corrected chi connectivity index (χ1v) is 6.74. The van der Waals surface area contributed by atoms with E-state index < -0.39 is 0 Å². The van der Waals surface area contributed by atoms with E-state index in [1.165, 1.54) is 12.1 Å². The van der Waals surface area contributed by atoms with Crippen LogP contribution in [0.15, 0.2) is 29.4 Å². The summed E-state index contributed by atoms with van der Waals surface area (Å²) in [7, 11) is 0. The van der Waals surface area contributed by atoms with Crippen LogP contribution in [0.4, 0.5) is 5.69 Å². The van der Waals surface area contributed by atoms with Crippen molar-refractivity contribution in [2.75, 3.05) is 18.0 Å². The van der Waals surface area contributed by atoms with Crippen LogP contribution in [0.5, 0.6) is 0 Å². The summed E-state index contributed by atoms with van der Waals surface area (Å²) in [6.07, 6.45) is 1.24. The van der Waals surface area contributed by atoms with E-state index in [0.29, 0.717) is 5.41 Å². The minimum absolute atomic E-state index is 0.153. The molecule has 104 valence electrons. The van der Waals surface area contributed by atoms with Crippen LogP contribution in [0.25, 0.3) is 0 Å². The molecule has 1 saturated heterocycles. The zero-order valence-corrected chi connectivity index (χ0v) is 11.9. The van der Waals surface area contributed by atoms with Gasteiger partial charge in [-0.1, -0.05) is 25.9 Å². The smallest absolute Gasteiger partial charge is 0.170 e. The number of hydrogen-bond acceptors (Lipinski definition) is 3. The number of rotatable bonds is 2. The van der Waals surface area contributed by atoms with E-state index in [4.69, 9.17) is 10.9 Å². The molecule has 1 unspecified atom stereocenters. The maximum absolute atomic E-state index is 8.65. The van der Waals surface area contributed by atoms with E-state index in [1.807, 2.05) is 24.3 Å². The van der Waals surface area contributed by atoms with Crippen molar-refractivity contribution in [2.45, 2.75) is 27.2 Å². The Bertz CT molecular complexity index is 459. The first-order chi connectivity index (χ1) is 8.91. The van der Waals surface area contributed by atoms with Crippen molar-refractivity contribution in [1.82, 2.24) is 0 Å². The summed E-state index contributed by atoms with van der Waals surface area (Å²) in [6.45, 7) is 9.13. The van der Waals surface area contributed by atoms with Gasteiger partial charge in [-0.3, -0.25) is 0 Å². The van der Waals surface area contributed by atoms with E-state index >= 15 is 0 Å². The van der Waals surface area contributed by atoms with E-state index in [9.17, 15) is 0 Å². The van der Waals surface area contributed by atoms with Gasteiger partial charge in [0, 0.05) is 24.3 Å². The van der Waals surface area contributed by atoms with E-state index in [2.05, 4.69) is 30.8 Å². The standard InChI is InChI=1S/C15H23N3O/c1-15(2,3)12-8-9-18(10-12)13-6-4-11(5-7-13)14(16)17-19/h4-7,12,19H,8-10H2,1-3H3,(H2,16,17). The number of benzene rings is 1. The van der Waals surface area contributed by atoms with E-state index in [-0.39, 0.29) is 5.84 Å². The van der Waals surface area contributed by atoms with Crippen molar-refractivity contribution < 1.29 is 5.21 Å². The van der Waals surface area contributed by atoms with Gasteiger partial charge in [-0.2, -0.15) is 0 Å². The van der Waals surface area contributed by atoms with Gasteiger partial charge >= 0.3 is 0 Å². The topological polar surface area (TPSA) is 61.8 Å². The molecule has 1 aromatic carbocycles. The van der Waals surface area contributed by atoms with Gasteiger partial charge in [-0.25, -0.2) is 0 Å². The molecular formula is C15H23N3O. The number of anilines is 1. The van der Waals surface area contributed by atoms with E-state index in [0.717, 1.165) is 24.6 Å². The fourth-order valence-electron chi connectivity index (χ4n) is 2.60. The summed E-state index contributed by atoms with van der Waals surface area (Å²) in [5, 5.41) is 11.7. The molecule has 0 radical (unpaired) electrons. The molecular weight excluding hydrogens is 238 g/mol. The van der Waals surface area contributed by atoms with Crippen molar-refractivity contribution in [3.05, 3.63) is 29.8 Å². The van der Waals surface area contributed by atoms with Gasteiger partial charge in [0.05, 0.1) is 0 Å². The minimum Gasteiger partial charge on any atom is -0.409 e. The molecule has 0 amide bonds. The van der Waals surface area contributed by atoms with Crippen molar-refractivity contribution in [1.29, 1.82) is 0 Å². The molecule has 4 nitrogen and oxygen atoms in total.